The molecule has 1 atom stereocenters. The zero-order chi connectivity index (χ0) is 20.1. The Kier molecular flexibility index (Phi) is 6.84. The molecule has 1 aromatic carbocycles. The number of hydrogen-bond donors (Lipinski definition) is 1. The minimum Gasteiger partial charge on any atom is -0.354 e. The van der Waals surface area contributed by atoms with Gasteiger partial charge in [-0.25, -0.2) is 20.3 Å². The van der Waals surface area contributed by atoms with Crippen LogP contribution >= 0.6 is 11.8 Å². The minimum absolute atomic E-state index is 0.197. The SMILES string of the molecule is CC1CCN(c2nc3ccccc3nc2SCC(=O)NOC2CCCCO2)CC1. The fourth-order valence-corrected chi connectivity index (χ4v) is 4.39. The van der Waals surface area contributed by atoms with Crippen molar-refractivity contribution in [1.82, 2.24) is 15.4 Å². The highest BCUT2D eigenvalue weighted by molar-refractivity contribution is 8.00. The van der Waals surface area contributed by atoms with Gasteiger partial charge in [0.25, 0.3) is 5.91 Å². The number of ether oxygens (including phenoxy) is 1. The number of benzene rings is 1. The van der Waals surface area contributed by atoms with Crippen molar-refractivity contribution in [2.75, 3.05) is 30.3 Å². The van der Waals surface area contributed by atoms with Gasteiger partial charge in [-0.15, -0.1) is 0 Å². The molecule has 2 aliphatic rings. The lowest BCUT2D eigenvalue weighted by Crippen LogP contribution is -2.35. The third kappa shape index (κ3) is 5.38. The van der Waals surface area contributed by atoms with Crippen LogP contribution in [0.5, 0.6) is 0 Å². The lowest BCUT2D eigenvalue weighted by atomic mass is 9.99. The molecule has 1 unspecified atom stereocenters. The number of aromatic nitrogens is 2. The molecular weight excluding hydrogens is 388 g/mol. The van der Waals surface area contributed by atoms with Gasteiger partial charge in [0.2, 0.25) is 0 Å². The lowest BCUT2D eigenvalue weighted by molar-refractivity contribution is -0.199. The van der Waals surface area contributed by atoms with E-state index in [1.165, 1.54) is 11.8 Å². The Morgan fingerprint density at radius 1 is 1.21 bits per heavy atom. The highest BCUT2D eigenvalue weighted by Crippen LogP contribution is 2.31. The summed E-state index contributed by atoms with van der Waals surface area (Å²) in [5.74, 6) is 1.64. The van der Waals surface area contributed by atoms with Crippen LogP contribution in [0.3, 0.4) is 0 Å². The van der Waals surface area contributed by atoms with Crippen LogP contribution in [-0.2, 0) is 14.4 Å². The highest BCUT2D eigenvalue weighted by Gasteiger charge is 2.22. The Balaban J connectivity index is 1.43. The van der Waals surface area contributed by atoms with E-state index in [4.69, 9.17) is 19.5 Å². The number of thioether (sulfide) groups is 1. The number of nitrogens with zero attached hydrogens (tertiary/aromatic N) is 3. The first-order valence-corrected chi connectivity index (χ1v) is 11.4. The zero-order valence-corrected chi connectivity index (χ0v) is 17.6. The molecule has 156 valence electrons. The Morgan fingerprint density at radius 2 is 1.97 bits per heavy atom. The zero-order valence-electron chi connectivity index (χ0n) is 16.8. The fraction of sp³-hybridized carbons (Fsp3) is 0.571. The molecule has 0 radical (unpaired) electrons. The maximum Gasteiger partial charge on any atom is 0.254 e. The van der Waals surface area contributed by atoms with E-state index in [1.54, 1.807) is 0 Å². The molecule has 8 heteroatoms. The van der Waals surface area contributed by atoms with Crippen molar-refractivity contribution in [3.05, 3.63) is 24.3 Å². The van der Waals surface area contributed by atoms with Crippen LogP contribution < -0.4 is 10.4 Å². The maximum atomic E-state index is 12.3. The summed E-state index contributed by atoms with van der Waals surface area (Å²) in [6, 6.07) is 7.87. The third-order valence-electron chi connectivity index (χ3n) is 5.39. The first-order valence-electron chi connectivity index (χ1n) is 10.4. The summed E-state index contributed by atoms with van der Waals surface area (Å²) in [4.78, 5) is 29.6. The molecule has 3 heterocycles. The number of piperidine rings is 1. The molecule has 1 aromatic heterocycles. The first-order chi connectivity index (χ1) is 14.2. The Labute approximate surface area is 175 Å². The molecule has 2 aliphatic heterocycles. The lowest BCUT2D eigenvalue weighted by Gasteiger charge is -2.32. The number of carbonyl (C=O) groups excluding carboxylic acids is 1. The largest absolute Gasteiger partial charge is 0.354 e. The average molecular weight is 417 g/mol. The van der Waals surface area contributed by atoms with Crippen LogP contribution in [0.2, 0.25) is 0 Å². The molecule has 0 spiro atoms. The van der Waals surface area contributed by atoms with Crippen molar-refractivity contribution in [2.45, 2.75) is 50.3 Å². The van der Waals surface area contributed by atoms with Crippen LogP contribution in [0.4, 0.5) is 5.82 Å². The summed E-state index contributed by atoms with van der Waals surface area (Å²) < 4.78 is 5.47. The number of fused-ring (bicyclic) bond motifs is 1. The molecule has 1 amide bonds. The topological polar surface area (TPSA) is 76.6 Å². The van der Waals surface area contributed by atoms with Gasteiger partial charge in [-0.3, -0.25) is 4.79 Å². The van der Waals surface area contributed by atoms with Crippen LogP contribution in [0.25, 0.3) is 11.0 Å². The number of rotatable bonds is 6. The molecule has 2 saturated heterocycles. The molecule has 29 heavy (non-hydrogen) atoms. The average Bonchev–Trinajstić information content (AvgIpc) is 2.77. The highest BCUT2D eigenvalue weighted by atomic mass is 32.2. The number of anilines is 1. The van der Waals surface area contributed by atoms with Gasteiger partial charge in [0.05, 0.1) is 16.8 Å². The standard InChI is InChI=1S/C21H28N4O3S/c1-15-9-11-25(12-10-15)20-21(23-17-7-3-2-6-16(17)22-20)29-14-18(26)24-28-19-8-4-5-13-27-19/h2-3,6-7,15,19H,4-5,8-14H2,1H3,(H,24,26). The van der Waals surface area contributed by atoms with Gasteiger partial charge >= 0.3 is 0 Å². The van der Waals surface area contributed by atoms with Gasteiger partial charge in [0, 0.05) is 26.1 Å². The predicted octanol–water partition coefficient (Wildman–Crippen LogP) is 3.53. The number of nitrogens with one attached hydrogen (secondary N) is 1. The smallest absolute Gasteiger partial charge is 0.254 e. The summed E-state index contributed by atoms with van der Waals surface area (Å²) in [5, 5.41) is 0.794. The number of para-hydroxylation sites is 2. The Bertz CT molecular complexity index is 836. The number of hydrogen-bond acceptors (Lipinski definition) is 7. The van der Waals surface area contributed by atoms with E-state index >= 15 is 0 Å². The number of hydroxylamine groups is 1. The van der Waals surface area contributed by atoms with E-state index in [0.29, 0.717) is 6.61 Å². The van der Waals surface area contributed by atoms with E-state index < -0.39 is 0 Å². The van der Waals surface area contributed by atoms with Gasteiger partial charge < -0.3 is 9.64 Å². The van der Waals surface area contributed by atoms with Crippen LogP contribution in [0.15, 0.2) is 29.3 Å². The summed E-state index contributed by atoms with van der Waals surface area (Å²) in [6.45, 7) is 4.91. The quantitative estimate of drug-likeness (QED) is 0.570. The third-order valence-corrected chi connectivity index (χ3v) is 6.34. The van der Waals surface area contributed by atoms with Crippen LogP contribution in [-0.4, -0.2) is 47.6 Å². The summed E-state index contributed by atoms with van der Waals surface area (Å²) in [5.41, 5.74) is 4.24. The van der Waals surface area contributed by atoms with E-state index in [-0.39, 0.29) is 18.0 Å². The van der Waals surface area contributed by atoms with E-state index in [2.05, 4.69) is 17.3 Å². The van der Waals surface area contributed by atoms with Crippen molar-refractivity contribution in [1.29, 1.82) is 0 Å². The minimum atomic E-state index is -0.343. The van der Waals surface area contributed by atoms with Crippen molar-refractivity contribution < 1.29 is 14.4 Å². The number of amides is 1. The Hall–Kier alpha value is -1.90. The van der Waals surface area contributed by atoms with E-state index in [1.807, 2.05) is 24.3 Å². The van der Waals surface area contributed by atoms with Gasteiger partial charge in [0.1, 0.15) is 5.03 Å². The van der Waals surface area contributed by atoms with Gasteiger partial charge in [-0.05, 0) is 43.7 Å². The van der Waals surface area contributed by atoms with Crippen molar-refractivity contribution in [3.8, 4) is 0 Å². The normalized spacial score (nSPS) is 20.7. The van der Waals surface area contributed by atoms with Crippen molar-refractivity contribution in [3.63, 3.8) is 0 Å². The first kappa shape index (κ1) is 20.4. The fourth-order valence-electron chi connectivity index (χ4n) is 3.60. The molecule has 2 fully saturated rings. The predicted molar refractivity (Wildman–Crippen MR) is 114 cm³/mol. The summed E-state index contributed by atoms with van der Waals surface area (Å²) >= 11 is 1.40. The molecule has 0 aliphatic carbocycles. The monoisotopic (exact) mass is 416 g/mol. The second-order valence-electron chi connectivity index (χ2n) is 7.74. The molecule has 0 saturated carbocycles. The van der Waals surface area contributed by atoms with Crippen LogP contribution in [0.1, 0.15) is 39.0 Å². The summed E-state index contributed by atoms with van der Waals surface area (Å²) in [7, 11) is 0. The molecule has 4 rings (SSSR count). The Morgan fingerprint density at radius 3 is 2.69 bits per heavy atom. The van der Waals surface area contributed by atoms with E-state index in [9.17, 15) is 4.79 Å². The molecule has 7 nitrogen and oxygen atoms in total. The van der Waals surface area contributed by atoms with Gasteiger partial charge in [-0.1, -0.05) is 30.8 Å². The van der Waals surface area contributed by atoms with Crippen molar-refractivity contribution >= 4 is 34.5 Å². The molecule has 1 N–H and O–H groups in total. The van der Waals surface area contributed by atoms with Gasteiger partial charge in [0.15, 0.2) is 12.1 Å². The van der Waals surface area contributed by atoms with Gasteiger partial charge in [-0.2, -0.15) is 0 Å². The molecule has 0 bridgehead atoms. The second-order valence-corrected chi connectivity index (χ2v) is 8.70. The summed E-state index contributed by atoms with van der Waals surface area (Å²) in [6.07, 6.45) is 4.86. The number of carbonyl (C=O) groups is 1. The second kappa shape index (κ2) is 9.73. The van der Waals surface area contributed by atoms with Crippen LogP contribution in [0, 0.1) is 5.92 Å². The molecular formula is C21H28N4O3S. The maximum absolute atomic E-state index is 12.3. The molecule has 2 aromatic rings. The van der Waals surface area contributed by atoms with E-state index in [0.717, 1.165) is 73.0 Å². The van der Waals surface area contributed by atoms with Crippen molar-refractivity contribution in [2.24, 2.45) is 5.92 Å².